The number of hydrogen-bond donors (Lipinski definition) is 2. The molecule has 0 unspecified atom stereocenters. The molecule has 0 atom stereocenters. The Balaban J connectivity index is 0.000000161. The van der Waals surface area contributed by atoms with E-state index >= 15 is 0 Å². The van der Waals surface area contributed by atoms with Crippen LogP contribution in [-0.2, 0) is 4.84 Å². The Morgan fingerprint density at radius 2 is 1.43 bits per heavy atom. The fourth-order valence-corrected chi connectivity index (χ4v) is 4.37. The van der Waals surface area contributed by atoms with Gasteiger partial charge in [0.25, 0.3) is 5.91 Å². The predicted molar refractivity (Wildman–Crippen MR) is 141 cm³/mol. The molecule has 0 bridgehead atoms. The first-order valence-corrected chi connectivity index (χ1v) is 11.4. The van der Waals surface area contributed by atoms with E-state index in [0.29, 0.717) is 33.6 Å². The normalized spacial score (nSPS) is 11.9. The van der Waals surface area contributed by atoms with Gasteiger partial charge in [0, 0.05) is 21.9 Å². The van der Waals surface area contributed by atoms with Crippen LogP contribution in [0.2, 0.25) is 0 Å². The molecule has 2 aliphatic carbocycles. The van der Waals surface area contributed by atoms with Gasteiger partial charge < -0.3 is 15.6 Å². The van der Waals surface area contributed by atoms with Crippen molar-refractivity contribution in [3.8, 4) is 40.9 Å². The minimum atomic E-state index is -0.790. The molecule has 2 heterocycles. The lowest BCUT2D eigenvalue weighted by Crippen LogP contribution is -2.17. The Morgan fingerprint density at radius 3 is 2.02 bits per heavy atom. The lowest BCUT2D eigenvalue weighted by Gasteiger charge is -2.05. The molecule has 0 saturated carbocycles. The quantitative estimate of drug-likeness (QED) is 0.253. The van der Waals surface area contributed by atoms with Crippen molar-refractivity contribution >= 4 is 28.1 Å². The molecule has 0 radical (unpaired) electrons. The van der Waals surface area contributed by atoms with Gasteiger partial charge in [-0.1, -0.05) is 53.7 Å². The number of primary amides is 1. The molecule has 40 heavy (non-hydrogen) atoms. The predicted octanol–water partition coefficient (Wildman–Crippen LogP) is 3.64. The maximum absolute atomic E-state index is 11.4. The number of nitriles is 3. The molecule has 3 aliphatic rings. The van der Waals surface area contributed by atoms with Crippen LogP contribution < -0.4 is 5.73 Å². The number of rotatable bonds is 3. The Labute approximate surface area is 225 Å². The van der Waals surface area contributed by atoms with E-state index in [0.717, 1.165) is 11.1 Å². The average Bonchev–Trinajstić information content (AvgIpc) is 3.47. The maximum Gasteiger partial charge on any atom is 0.268 e. The number of aromatic nitrogens is 4. The monoisotopic (exact) mass is 526 g/mol. The number of amides is 1. The van der Waals surface area contributed by atoms with E-state index in [1.54, 1.807) is 30.3 Å². The molecule has 13 nitrogen and oxygen atoms in total. The molecule has 3 N–H and O–H groups in total. The van der Waals surface area contributed by atoms with Crippen LogP contribution in [0.15, 0.2) is 58.9 Å². The fourth-order valence-electron chi connectivity index (χ4n) is 4.37. The first-order valence-electron chi connectivity index (χ1n) is 11.4. The number of H-pyrrole nitrogens is 1. The van der Waals surface area contributed by atoms with E-state index in [2.05, 4.69) is 30.3 Å². The van der Waals surface area contributed by atoms with Gasteiger partial charge in [-0.2, -0.15) is 15.8 Å². The summed E-state index contributed by atoms with van der Waals surface area (Å²) in [5, 5.41) is 35.3. The average molecular weight is 526 g/mol. The molecule has 13 heteroatoms. The Hall–Kier alpha value is -6.52. The van der Waals surface area contributed by atoms with Crippen LogP contribution in [0.4, 0.5) is 5.69 Å². The lowest BCUT2D eigenvalue weighted by atomic mass is 10.1. The summed E-state index contributed by atoms with van der Waals surface area (Å²) in [6.45, 7) is 0. The molecule has 1 amide bonds. The van der Waals surface area contributed by atoms with Crippen molar-refractivity contribution in [1.29, 1.82) is 15.8 Å². The third-order valence-electron chi connectivity index (χ3n) is 6.02. The SMILES string of the molecule is CO/N=C1\c2ccccc2-c2nc(C#N)c(C#N)nc21.N#Cc1nc2c(N=O)c3ccccc3c-2[nH]c1C(N)=O. The smallest absolute Gasteiger partial charge is 0.268 e. The zero-order chi connectivity index (χ0) is 28.4. The minimum Gasteiger partial charge on any atom is -0.399 e. The molecule has 1 aromatic heterocycles. The highest BCUT2D eigenvalue weighted by molar-refractivity contribution is 6.22. The molecule has 190 valence electrons. The second-order valence-corrected chi connectivity index (χ2v) is 8.16. The number of oxime groups is 1. The highest BCUT2D eigenvalue weighted by Crippen LogP contribution is 2.42. The summed E-state index contributed by atoms with van der Waals surface area (Å²) >= 11 is 0. The molecular formula is C27H14N10O3. The van der Waals surface area contributed by atoms with Gasteiger partial charge in [0.1, 0.15) is 59.5 Å². The van der Waals surface area contributed by atoms with Crippen molar-refractivity contribution in [3.63, 3.8) is 0 Å². The maximum atomic E-state index is 11.4. The Morgan fingerprint density at radius 1 is 0.850 bits per heavy atom. The zero-order valence-electron chi connectivity index (χ0n) is 20.5. The summed E-state index contributed by atoms with van der Waals surface area (Å²) in [4.78, 5) is 42.5. The third-order valence-corrected chi connectivity index (χ3v) is 6.02. The summed E-state index contributed by atoms with van der Waals surface area (Å²) < 4.78 is 0. The number of fused-ring (bicyclic) bond motifs is 6. The topological polar surface area (TPSA) is 220 Å². The van der Waals surface area contributed by atoms with Gasteiger partial charge in [-0.3, -0.25) is 4.79 Å². The van der Waals surface area contributed by atoms with Crippen molar-refractivity contribution in [2.24, 2.45) is 16.1 Å². The van der Waals surface area contributed by atoms with Gasteiger partial charge in [-0.05, 0) is 5.18 Å². The van der Waals surface area contributed by atoms with E-state index in [9.17, 15) is 9.70 Å². The summed E-state index contributed by atoms with van der Waals surface area (Å²) in [6, 6.07) is 20.0. The number of carbonyl (C=O) groups excluding carboxylic acids is 1. The number of nitrogens with zero attached hydrogens (tertiary/aromatic N) is 8. The van der Waals surface area contributed by atoms with Crippen LogP contribution in [-0.4, -0.2) is 38.7 Å². The number of hydrogen-bond acceptors (Lipinski definition) is 11. The zero-order valence-corrected chi connectivity index (χ0v) is 20.5. The number of nitrogens with two attached hydrogens (primary N) is 1. The summed E-state index contributed by atoms with van der Waals surface area (Å²) in [5.74, 6) is -0.790. The van der Waals surface area contributed by atoms with Crippen molar-refractivity contribution < 1.29 is 9.63 Å². The largest absolute Gasteiger partial charge is 0.399 e. The number of carbonyl (C=O) groups is 1. The Kier molecular flexibility index (Phi) is 6.34. The molecular weight excluding hydrogens is 512 g/mol. The standard InChI is InChI=1S/C14H7N5O.C13H7N5O2/c1-20-19-13-9-5-3-2-4-8(9)12-14(13)18-11(7-16)10(6-15)17-12;14-5-8-11(13(15)19)17-9-6-3-1-2-4-7(6)10(18-20)12(9)16-8/h2-5H,1H3;1-4,17H,(H2,15,19)/b19-13+;. The summed E-state index contributed by atoms with van der Waals surface area (Å²) in [7, 11) is 1.44. The van der Waals surface area contributed by atoms with Crippen molar-refractivity contribution in [2.45, 2.75) is 0 Å². The second-order valence-electron chi connectivity index (χ2n) is 8.16. The van der Waals surface area contributed by atoms with Crippen LogP contribution in [0.25, 0.3) is 33.4 Å². The van der Waals surface area contributed by atoms with E-state index in [4.69, 9.17) is 26.4 Å². The fraction of sp³-hybridized carbons (Fsp3) is 0.0370. The van der Waals surface area contributed by atoms with Crippen LogP contribution in [0.5, 0.6) is 0 Å². The van der Waals surface area contributed by atoms with Crippen LogP contribution in [0, 0.1) is 38.9 Å². The van der Waals surface area contributed by atoms with Gasteiger partial charge >= 0.3 is 0 Å². The summed E-state index contributed by atoms with van der Waals surface area (Å²) in [6.07, 6.45) is 0. The molecule has 2 aromatic carbocycles. The molecule has 0 fully saturated rings. The van der Waals surface area contributed by atoms with E-state index in [1.165, 1.54) is 7.11 Å². The molecule has 1 aliphatic heterocycles. The van der Waals surface area contributed by atoms with Crippen molar-refractivity contribution in [3.05, 3.63) is 87.5 Å². The first kappa shape index (κ1) is 25.1. The van der Waals surface area contributed by atoms with Crippen molar-refractivity contribution in [1.82, 2.24) is 19.9 Å². The van der Waals surface area contributed by atoms with Crippen LogP contribution in [0.1, 0.15) is 38.8 Å². The lowest BCUT2D eigenvalue weighted by molar-refractivity contribution is 0.0995. The van der Waals surface area contributed by atoms with E-state index < -0.39 is 5.91 Å². The first-order chi connectivity index (χ1) is 19.5. The van der Waals surface area contributed by atoms with Gasteiger partial charge in [-0.15, -0.1) is 4.91 Å². The molecule has 3 aromatic rings. The van der Waals surface area contributed by atoms with Gasteiger partial charge in [0.15, 0.2) is 17.1 Å². The number of nitrogens with one attached hydrogen (secondary N) is 1. The van der Waals surface area contributed by atoms with Crippen LogP contribution in [0.3, 0.4) is 0 Å². The van der Waals surface area contributed by atoms with Gasteiger partial charge in [-0.25, -0.2) is 15.0 Å². The third kappa shape index (κ3) is 3.91. The molecule has 0 saturated heterocycles. The highest BCUT2D eigenvalue weighted by Gasteiger charge is 2.30. The van der Waals surface area contributed by atoms with Crippen molar-refractivity contribution in [2.75, 3.05) is 7.11 Å². The minimum absolute atomic E-state index is 0.0112. The van der Waals surface area contributed by atoms with Gasteiger partial charge in [0.2, 0.25) is 0 Å². The number of nitroso groups, excluding NO2 is 1. The van der Waals surface area contributed by atoms with Crippen LogP contribution >= 0.6 is 0 Å². The number of benzene rings is 2. The molecule has 0 spiro atoms. The summed E-state index contributed by atoms with van der Waals surface area (Å²) in [5.41, 5.74) is 9.00. The highest BCUT2D eigenvalue weighted by atomic mass is 16.6. The van der Waals surface area contributed by atoms with Gasteiger partial charge in [0.05, 0.1) is 5.69 Å². The number of aromatic amines is 1. The second kappa shape index (κ2) is 10.1. The molecule has 6 rings (SSSR count). The van der Waals surface area contributed by atoms with E-state index in [-0.39, 0.29) is 34.2 Å². The van der Waals surface area contributed by atoms with E-state index in [1.807, 2.05) is 36.4 Å². The Bertz CT molecular complexity index is 1990.